The van der Waals surface area contributed by atoms with Crippen molar-refractivity contribution in [2.24, 2.45) is 0 Å². The first-order valence-corrected chi connectivity index (χ1v) is 15.4. The zero-order valence-electron chi connectivity index (χ0n) is 25.2. The fourth-order valence-electron chi connectivity index (χ4n) is 5.84. The van der Waals surface area contributed by atoms with E-state index in [2.05, 4.69) is 54.1 Å². The van der Waals surface area contributed by atoms with Crippen LogP contribution in [0.25, 0.3) is 0 Å². The number of rotatable bonds is 8. The molecule has 4 bridgehead atoms. The summed E-state index contributed by atoms with van der Waals surface area (Å²) >= 11 is 0. The molecule has 0 radical (unpaired) electrons. The van der Waals surface area contributed by atoms with E-state index in [-0.39, 0.29) is 11.4 Å². The number of fused-ring (bicyclic) bond motifs is 4. The second kappa shape index (κ2) is 13.7. The number of nitrogens with one attached hydrogen (secondary N) is 2. The average molecular weight is 573 g/mol. The van der Waals surface area contributed by atoms with Crippen molar-refractivity contribution in [1.82, 2.24) is 5.32 Å². The Bertz CT molecular complexity index is 1350. The van der Waals surface area contributed by atoms with Crippen LogP contribution in [0.3, 0.4) is 0 Å². The highest BCUT2D eigenvalue weighted by molar-refractivity contribution is 5.95. The quantitative estimate of drug-likeness (QED) is 0.319. The van der Waals surface area contributed by atoms with Crippen LogP contribution in [0.1, 0.15) is 78.1 Å². The van der Waals surface area contributed by atoms with Crippen molar-refractivity contribution in [3.05, 3.63) is 94.5 Å². The third-order valence-electron chi connectivity index (χ3n) is 8.54. The summed E-state index contributed by atoms with van der Waals surface area (Å²) in [4.78, 5) is 13.7. The summed E-state index contributed by atoms with van der Waals surface area (Å²) in [6, 6.07) is 22.2. The summed E-state index contributed by atoms with van der Waals surface area (Å²) in [5, 5.41) is 20.5. The topological polar surface area (TPSA) is 96.4 Å². The van der Waals surface area contributed by atoms with Crippen LogP contribution in [0.15, 0.2) is 66.7 Å². The predicted octanol–water partition coefficient (Wildman–Crippen LogP) is 4.50. The maximum atomic E-state index is 13.7. The molecule has 3 aromatic carbocycles. The molecule has 7 heteroatoms. The lowest BCUT2D eigenvalue weighted by Gasteiger charge is -2.26. The molecular formula is C35H46N3O4+. The number of hydrogen-bond acceptors (Lipinski definition) is 5. The SMILES string of the molecule is COCc1cc2cc(c1)C(=O)N[C@H]([C@H](O)C[NH2+]C1(c3cccc(C(C)C)c3)CC1)Cc1cccc(c1)OCCCCN2. The number of amides is 1. The van der Waals surface area contributed by atoms with E-state index in [4.69, 9.17) is 9.47 Å². The lowest BCUT2D eigenvalue weighted by Crippen LogP contribution is -2.93. The number of benzene rings is 3. The first kappa shape index (κ1) is 30.1. The van der Waals surface area contributed by atoms with E-state index in [1.54, 1.807) is 7.11 Å². The molecule has 7 nitrogen and oxygen atoms in total. The van der Waals surface area contributed by atoms with Gasteiger partial charge in [0.2, 0.25) is 0 Å². The molecule has 2 aliphatic rings. The van der Waals surface area contributed by atoms with Crippen LogP contribution >= 0.6 is 0 Å². The normalized spacial score (nSPS) is 19.4. The minimum absolute atomic E-state index is 0.00297. The number of methoxy groups -OCH3 is 1. The van der Waals surface area contributed by atoms with E-state index >= 15 is 0 Å². The number of nitrogens with two attached hydrogens (primary N) is 1. The van der Waals surface area contributed by atoms with E-state index in [0.29, 0.717) is 37.7 Å². The fourth-order valence-corrected chi connectivity index (χ4v) is 5.84. The van der Waals surface area contributed by atoms with Gasteiger partial charge < -0.3 is 30.5 Å². The van der Waals surface area contributed by atoms with Crippen molar-refractivity contribution in [2.75, 3.05) is 32.1 Å². The van der Waals surface area contributed by atoms with Crippen molar-refractivity contribution in [3.8, 4) is 5.75 Å². The van der Waals surface area contributed by atoms with E-state index < -0.39 is 12.1 Å². The van der Waals surface area contributed by atoms with E-state index in [0.717, 1.165) is 54.8 Å². The van der Waals surface area contributed by atoms with Gasteiger partial charge in [0.1, 0.15) is 23.9 Å². The number of hydrogen-bond donors (Lipinski definition) is 4. The van der Waals surface area contributed by atoms with Gasteiger partial charge in [0.25, 0.3) is 5.91 Å². The molecule has 0 spiro atoms. The van der Waals surface area contributed by atoms with Gasteiger partial charge in [0.15, 0.2) is 0 Å². The van der Waals surface area contributed by atoms with Gasteiger partial charge in [-0.2, -0.15) is 0 Å². The van der Waals surface area contributed by atoms with Crippen LogP contribution in [-0.4, -0.2) is 50.0 Å². The molecule has 1 aliphatic carbocycles. The number of aliphatic hydroxyl groups excluding tert-OH is 1. The van der Waals surface area contributed by atoms with E-state index in [1.807, 2.05) is 42.5 Å². The van der Waals surface area contributed by atoms with Crippen molar-refractivity contribution in [1.29, 1.82) is 0 Å². The predicted molar refractivity (Wildman–Crippen MR) is 166 cm³/mol. The molecule has 0 aromatic heterocycles. The number of quaternary nitrogens is 1. The molecule has 1 aliphatic heterocycles. The van der Waals surface area contributed by atoms with Crippen LogP contribution < -0.4 is 20.7 Å². The van der Waals surface area contributed by atoms with Gasteiger partial charge in [-0.05, 0) is 78.3 Å². The number of ether oxygens (including phenoxy) is 2. The minimum atomic E-state index is -0.747. The van der Waals surface area contributed by atoms with Crippen molar-refractivity contribution in [3.63, 3.8) is 0 Å². The molecule has 1 amide bonds. The fraction of sp³-hybridized carbons (Fsp3) is 0.457. The molecule has 224 valence electrons. The Morgan fingerprint density at radius 1 is 1.07 bits per heavy atom. The Morgan fingerprint density at radius 3 is 2.69 bits per heavy atom. The van der Waals surface area contributed by atoms with Gasteiger partial charge in [-0.1, -0.05) is 44.2 Å². The van der Waals surface area contributed by atoms with Crippen LogP contribution in [0, 0.1) is 0 Å². The minimum Gasteiger partial charge on any atom is -0.494 e. The highest BCUT2D eigenvalue weighted by atomic mass is 16.5. The Labute approximate surface area is 250 Å². The Hall–Kier alpha value is -3.39. The second-order valence-corrected chi connectivity index (χ2v) is 12.2. The monoisotopic (exact) mass is 572 g/mol. The Kier molecular flexibility index (Phi) is 9.83. The molecule has 2 atom stereocenters. The summed E-state index contributed by atoms with van der Waals surface area (Å²) in [7, 11) is 1.65. The standard InChI is InChI=1S/C35H45N3O4/c1-24(2)27-9-7-10-29(20-27)35(12-13-35)37-22-33(39)32-19-25-8-6-11-31(18-25)42-15-5-4-14-36-30-17-26(23-41-3)16-28(21-30)34(40)38-32/h6-11,16-18,20-21,24,32-33,36-37,39H,4-5,12-15,19,22-23H2,1-3H3,(H,38,40)/p+1/t32-,33+/m0/s1. The number of aliphatic hydroxyl groups is 1. The van der Waals surface area contributed by atoms with Gasteiger partial charge in [0, 0.05) is 43.3 Å². The molecule has 0 unspecified atom stereocenters. The summed E-state index contributed by atoms with van der Waals surface area (Å²) < 4.78 is 11.4. The van der Waals surface area contributed by atoms with E-state index in [9.17, 15) is 9.90 Å². The maximum Gasteiger partial charge on any atom is 0.251 e. The maximum absolute atomic E-state index is 13.7. The van der Waals surface area contributed by atoms with Crippen molar-refractivity contribution < 1.29 is 24.7 Å². The van der Waals surface area contributed by atoms with Crippen LogP contribution in [0.2, 0.25) is 0 Å². The largest absolute Gasteiger partial charge is 0.494 e. The Balaban J connectivity index is 1.38. The third-order valence-corrected chi connectivity index (χ3v) is 8.54. The third kappa shape index (κ3) is 7.71. The van der Waals surface area contributed by atoms with Crippen molar-refractivity contribution in [2.45, 2.75) is 76.2 Å². The van der Waals surface area contributed by atoms with Gasteiger partial charge >= 0.3 is 0 Å². The van der Waals surface area contributed by atoms with Gasteiger partial charge in [-0.3, -0.25) is 4.79 Å². The molecule has 1 fully saturated rings. The van der Waals surface area contributed by atoms with Crippen LogP contribution in [0.5, 0.6) is 5.75 Å². The van der Waals surface area contributed by atoms with Gasteiger partial charge in [-0.15, -0.1) is 0 Å². The summed E-state index contributed by atoms with van der Waals surface area (Å²) in [6.45, 7) is 6.75. The zero-order chi connectivity index (χ0) is 29.5. The highest BCUT2D eigenvalue weighted by Crippen LogP contribution is 2.42. The highest BCUT2D eigenvalue weighted by Gasteiger charge is 2.49. The number of anilines is 1. The smallest absolute Gasteiger partial charge is 0.251 e. The van der Waals surface area contributed by atoms with Crippen LogP contribution in [-0.2, 0) is 23.3 Å². The lowest BCUT2D eigenvalue weighted by atomic mass is 9.95. The average Bonchev–Trinajstić information content (AvgIpc) is 3.78. The summed E-state index contributed by atoms with van der Waals surface area (Å²) in [5.74, 6) is 1.08. The zero-order valence-corrected chi connectivity index (χ0v) is 25.2. The summed E-state index contributed by atoms with van der Waals surface area (Å²) in [5.41, 5.74) is 6.04. The van der Waals surface area contributed by atoms with Gasteiger partial charge in [0.05, 0.1) is 19.3 Å². The van der Waals surface area contributed by atoms with Gasteiger partial charge in [-0.25, -0.2) is 0 Å². The van der Waals surface area contributed by atoms with E-state index in [1.165, 1.54) is 11.1 Å². The number of carbonyl (C=O) groups is 1. The first-order valence-electron chi connectivity index (χ1n) is 15.4. The molecule has 5 N–H and O–H groups in total. The van der Waals surface area contributed by atoms with Crippen molar-refractivity contribution >= 4 is 11.6 Å². The Morgan fingerprint density at radius 2 is 1.90 bits per heavy atom. The lowest BCUT2D eigenvalue weighted by molar-refractivity contribution is -0.717. The molecular weight excluding hydrogens is 526 g/mol. The molecule has 1 saturated carbocycles. The molecule has 3 aromatic rings. The van der Waals surface area contributed by atoms with Crippen LogP contribution in [0.4, 0.5) is 5.69 Å². The molecule has 1 heterocycles. The molecule has 5 rings (SSSR count). The molecule has 0 saturated heterocycles. The molecule has 42 heavy (non-hydrogen) atoms. The summed E-state index contributed by atoms with van der Waals surface area (Å²) in [6.07, 6.45) is 3.78. The number of carbonyl (C=O) groups excluding carboxylic acids is 1. The first-order chi connectivity index (χ1) is 20.3. The second-order valence-electron chi connectivity index (χ2n) is 12.2.